The Hall–Kier alpha value is -1.43. The lowest BCUT2D eigenvalue weighted by Crippen LogP contribution is -2.33. The van der Waals surface area contributed by atoms with Crippen molar-refractivity contribution in [2.45, 2.75) is 6.42 Å². The van der Waals surface area contributed by atoms with Crippen LogP contribution in [-0.2, 0) is 16.0 Å². The van der Waals surface area contributed by atoms with E-state index in [2.05, 4.69) is 15.9 Å². The van der Waals surface area contributed by atoms with E-state index in [0.29, 0.717) is 10.0 Å². The van der Waals surface area contributed by atoms with Crippen LogP contribution in [0.3, 0.4) is 0 Å². The number of aliphatic carboxylic acids is 1. The molecule has 0 bridgehead atoms. The molecule has 0 fully saturated rings. The zero-order valence-electron chi connectivity index (χ0n) is 9.11. The zero-order chi connectivity index (χ0) is 13.0. The van der Waals surface area contributed by atoms with Gasteiger partial charge < -0.3 is 10.0 Å². The van der Waals surface area contributed by atoms with Crippen LogP contribution in [0.2, 0.25) is 0 Å². The fourth-order valence-electron chi connectivity index (χ4n) is 1.25. The molecule has 0 spiro atoms. The third kappa shape index (κ3) is 4.14. The van der Waals surface area contributed by atoms with Gasteiger partial charge in [-0.1, -0.05) is 6.07 Å². The summed E-state index contributed by atoms with van der Waals surface area (Å²) in [6, 6.07) is 4.37. The van der Waals surface area contributed by atoms with Crippen LogP contribution in [0.4, 0.5) is 4.39 Å². The number of carbonyl (C=O) groups is 2. The number of amides is 1. The normalized spacial score (nSPS) is 10.1. The van der Waals surface area contributed by atoms with E-state index in [0.717, 1.165) is 4.90 Å². The summed E-state index contributed by atoms with van der Waals surface area (Å²) in [5, 5.41) is 8.52. The quantitative estimate of drug-likeness (QED) is 0.920. The van der Waals surface area contributed by atoms with Gasteiger partial charge in [0.2, 0.25) is 5.91 Å². The number of carboxylic acids is 1. The number of benzene rings is 1. The number of rotatable bonds is 4. The monoisotopic (exact) mass is 303 g/mol. The van der Waals surface area contributed by atoms with Crippen molar-refractivity contribution in [3.05, 3.63) is 34.1 Å². The second kappa shape index (κ2) is 5.77. The SMILES string of the molecule is CN(CC(=O)O)C(=O)Cc1ccc(Br)c(F)c1. The largest absolute Gasteiger partial charge is 0.480 e. The molecule has 6 heteroatoms. The number of hydrogen-bond acceptors (Lipinski definition) is 2. The summed E-state index contributed by atoms with van der Waals surface area (Å²) in [5.74, 6) is -1.90. The van der Waals surface area contributed by atoms with Gasteiger partial charge in [0.05, 0.1) is 10.9 Å². The van der Waals surface area contributed by atoms with Crippen molar-refractivity contribution in [2.24, 2.45) is 0 Å². The van der Waals surface area contributed by atoms with Crippen LogP contribution in [0.25, 0.3) is 0 Å². The standard InChI is InChI=1S/C11H11BrFNO3/c1-14(6-11(16)17)10(15)5-7-2-3-8(12)9(13)4-7/h2-4H,5-6H2,1H3,(H,16,17). The van der Waals surface area contributed by atoms with Gasteiger partial charge in [-0.3, -0.25) is 9.59 Å². The second-order valence-electron chi connectivity index (χ2n) is 3.57. The molecule has 0 unspecified atom stereocenters. The van der Waals surface area contributed by atoms with Crippen LogP contribution < -0.4 is 0 Å². The Morgan fingerprint density at radius 2 is 2.12 bits per heavy atom. The lowest BCUT2D eigenvalue weighted by molar-refractivity contribution is -0.143. The summed E-state index contributed by atoms with van der Waals surface area (Å²) in [6.45, 7) is -0.363. The summed E-state index contributed by atoms with van der Waals surface area (Å²) in [4.78, 5) is 23.1. The van der Waals surface area contributed by atoms with Crippen molar-refractivity contribution < 1.29 is 19.1 Å². The van der Waals surface area contributed by atoms with E-state index >= 15 is 0 Å². The van der Waals surface area contributed by atoms with Crippen LogP contribution in [0.15, 0.2) is 22.7 Å². The maximum atomic E-state index is 13.2. The van der Waals surface area contributed by atoms with Crippen molar-refractivity contribution in [3.8, 4) is 0 Å². The number of hydrogen-bond donors (Lipinski definition) is 1. The average Bonchev–Trinajstić information content (AvgIpc) is 2.22. The van der Waals surface area contributed by atoms with Gasteiger partial charge in [-0.05, 0) is 33.6 Å². The van der Waals surface area contributed by atoms with Crippen molar-refractivity contribution in [1.82, 2.24) is 4.90 Å². The number of carbonyl (C=O) groups excluding carboxylic acids is 1. The highest BCUT2D eigenvalue weighted by atomic mass is 79.9. The van der Waals surface area contributed by atoms with Crippen molar-refractivity contribution in [2.75, 3.05) is 13.6 Å². The molecule has 0 aliphatic carbocycles. The zero-order valence-corrected chi connectivity index (χ0v) is 10.7. The lowest BCUT2D eigenvalue weighted by Gasteiger charge is -2.14. The Morgan fingerprint density at radius 1 is 1.47 bits per heavy atom. The van der Waals surface area contributed by atoms with Gasteiger partial charge in [-0.2, -0.15) is 0 Å². The molecule has 1 aromatic carbocycles. The number of likely N-dealkylation sites (N-methyl/N-ethyl adjacent to an activating group) is 1. The highest BCUT2D eigenvalue weighted by Gasteiger charge is 2.13. The molecule has 0 saturated carbocycles. The fraction of sp³-hybridized carbons (Fsp3) is 0.273. The third-order valence-electron chi connectivity index (χ3n) is 2.14. The molecule has 1 aromatic rings. The average molecular weight is 304 g/mol. The maximum Gasteiger partial charge on any atom is 0.323 e. The maximum absolute atomic E-state index is 13.2. The number of halogens is 2. The molecule has 0 aliphatic heterocycles. The Morgan fingerprint density at radius 3 is 2.65 bits per heavy atom. The second-order valence-corrected chi connectivity index (χ2v) is 4.42. The molecule has 1 N–H and O–H groups in total. The van der Waals surface area contributed by atoms with E-state index in [9.17, 15) is 14.0 Å². The van der Waals surface area contributed by atoms with Gasteiger partial charge >= 0.3 is 5.97 Å². The van der Waals surface area contributed by atoms with Crippen molar-refractivity contribution in [1.29, 1.82) is 0 Å². The summed E-state index contributed by atoms with van der Waals surface area (Å²) >= 11 is 3.01. The highest BCUT2D eigenvalue weighted by molar-refractivity contribution is 9.10. The molecular weight excluding hydrogens is 293 g/mol. The van der Waals surface area contributed by atoms with Gasteiger partial charge in [0.25, 0.3) is 0 Å². The summed E-state index contributed by atoms with van der Waals surface area (Å²) in [6.07, 6.45) is -0.0199. The first-order valence-corrected chi connectivity index (χ1v) is 5.59. The summed E-state index contributed by atoms with van der Waals surface area (Å²) in [7, 11) is 1.39. The molecule has 0 aliphatic rings. The first-order valence-electron chi connectivity index (χ1n) is 4.80. The fourth-order valence-corrected chi connectivity index (χ4v) is 1.50. The smallest absolute Gasteiger partial charge is 0.323 e. The molecule has 4 nitrogen and oxygen atoms in total. The van der Waals surface area contributed by atoms with Crippen LogP contribution in [-0.4, -0.2) is 35.5 Å². The minimum atomic E-state index is -1.08. The topological polar surface area (TPSA) is 57.6 Å². The van der Waals surface area contributed by atoms with E-state index in [4.69, 9.17) is 5.11 Å². The van der Waals surface area contributed by atoms with Gasteiger partial charge in [-0.15, -0.1) is 0 Å². The molecule has 0 saturated heterocycles. The first-order chi connectivity index (χ1) is 7.90. The van der Waals surface area contributed by atoms with E-state index in [1.165, 1.54) is 19.2 Å². The predicted octanol–water partition coefficient (Wildman–Crippen LogP) is 1.67. The molecule has 92 valence electrons. The van der Waals surface area contributed by atoms with Crippen LogP contribution in [0.1, 0.15) is 5.56 Å². The van der Waals surface area contributed by atoms with Crippen LogP contribution in [0.5, 0.6) is 0 Å². The minimum absolute atomic E-state index is 0.0199. The van der Waals surface area contributed by atoms with Gasteiger partial charge in [-0.25, -0.2) is 4.39 Å². The molecule has 0 atom stereocenters. The Balaban J connectivity index is 2.67. The van der Waals surface area contributed by atoms with E-state index in [1.54, 1.807) is 6.07 Å². The summed E-state index contributed by atoms with van der Waals surface area (Å²) in [5.41, 5.74) is 0.507. The van der Waals surface area contributed by atoms with E-state index < -0.39 is 11.8 Å². The van der Waals surface area contributed by atoms with Crippen LogP contribution >= 0.6 is 15.9 Å². The van der Waals surface area contributed by atoms with E-state index in [-0.39, 0.29) is 18.9 Å². The summed E-state index contributed by atoms with van der Waals surface area (Å²) < 4.78 is 13.5. The molecule has 0 aromatic heterocycles. The lowest BCUT2D eigenvalue weighted by atomic mass is 10.1. The van der Waals surface area contributed by atoms with Crippen molar-refractivity contribution >= 4 is 27.8 Å². The number of carboxylic acid groups (broad SMARTS) is 1. The van der Waals surface area contributed by atoms with Crippen LogP contribution in [0, 0.1) is 5.82 Å². The third-order valence-corrected chi connectivity index (χ3v) is 2.78. The molecular formula is C11H11BrFNO3. The van der Waals surface area contributed by atoms with Gasteiger partial charge in [0.15, 0.2) is 0 Å². The van der Waals surface area contributed by atoms with Gasteiger partial charge in [0.1, 0.15) is 12.4 Å². The van der Waals surface area contributed by atoms with Crippen molar-refractivity contribution in [3.63, 3.8) is 0 Å². The minimum Gasteiger partial charge on any atom is -0.480 e. The number of nitrogens with zero attached hydrogens (tertiary/aromatic N) is 1. The molecule has 0 heterocycles. The Bertz CT molecular complexity index is 450. The molecule has 1 rings (SSSR count). The Kier molecular flexibility index (Phi) is 4.62. The Labute approximate surface area is 106 Å². The highest BCUT2D eigenvalue weighted by Crippen LogP contribution is 2.16. The first kappa shape index (κ1) is 13.6. The predicted molar refractivity (Wildman–Crippen MR) is 63.1 cm³/mol. The van der Waals surface area contributed by atoms with Gasteiger partial charge in [0, 0.05) is 7.05 Å². The molecule has 17 heavy (non-hydrogen) atoms. The molecule has 0 radical (unpaired) electrons. The molecule has 1 amide bonds. The van der Waals surface area contributed by atoms with E-state index in [1.807, 2.05) is 0 Å².